The molecule has 0 atom stereocenters. The summed E-state index contributed by atoms with van der Waals surface area (Å²) >= 11 is 0. The van der Waals surface area contributed by atoms with Crippen LogP contribution in [-0.4, -0.2) is 4.57 Å². The Morgan fingerprint density at radius 1 is 0.317 bits per heavy atom. The smallest absolute Gasteiger partial charge is 0.143 e. The third kappa shape index (κ3) is 6.21. The molecule has 2 heterocycles. The van der Waals surface area contributed by atoms with Gasteiger partial charge in [0.25, 0.3) is 0 Å². The van der Waals surface area contributed by atoms with Gasteiger partial charge >= 0.3 is 0 Å². The van der Waals surface area contributed by atoms with Gasteiger partial charge in [0.1, 0.15) is 11.2 Å². The number of fused-ring (bicyclic) bond motifs is 6. The van der Waals surface area contributed by atoms with E-state index in [2.05, 4.69) is 246 Å². The van der Waals surface area contributed by atoms with Crippen molar-refractivity contribution in [2.75, 3.05) is 4.90 Å². The number of furan rings is 1. The van der Waals surface area contributed by atoms with Gasteiger partial charge < -0.3 is 13.9 Å². The van der Waals surface area contributed by atoms with Gasteiger partial charge in [0.2, 0.25) is 0 Å². The lowest BCUT2D eigenvalue weighted by Crippen LogP contribution is -2.10. The largest absolute Gasteiger partial charge is 0.455 e. The Labute approximate surface area is 366 Å². The Morgan fingerprint density at radius 3 is 1.63 bits per heavy atom. The highest BCUT2D eigenvalue weighted by Gasteiger charge is 2.23. The Balaban J connectivity index is 1.10. The molecule has 3 nitrogen and oxygen atoms in total. The van der Waals surface area contributed by atoms with Crippen LogP contribution in [0.15, 0.2) is 247 Å². The van der Waals surface area contributed by atoms with Gasteiger partial charge in [-0.25, -0.2) is 0 Å². The molecular weight excluding hydrogens is 765 g/mol. The monoisotopic (exact) mass is 804 g/mol. The molecule has 0 unspecified atom stereocenters. The van der Waals surface area contributed by atoms with Crippen LogP contribution < -0.4 is 4.90 Å². The summed E-state index contributed by atoms with van der Waals surface area (Å²) in [4.78, 5) is 2.39. The molecule has 12 aromatic rings. The van der Waals surface area contributed by atoms with Gasteiger partial charge in [-0.1, -0.05) is 188 Å². The third-order valence-electron chi connectivity index (χ3n) is 12.4. The molecule has 63 heavy (non-hydrogen) atoms. The molecule has 0 N–H and O–H groups in total. The van der Waals surface area contributed by atoms with Crippen LogP contribution in [0.2, 0.25) is 0 Å². The van der Waals surface area contributed by atoms with Crippen LogP contribution in [0.1, 0.15) is 0 Å². The van der Waals surface area contributed by atoms with Crippen LogP contribution >= 0.6 is 0 Å². The lowest BCUT2D eigenvalue weighted by atomic mass is 9.92. The average molecular weight is 805 g/mol. The maximum atomic E-state index is 6.61. The van der Waals surface area contributed by atoms with E-state index < -0.39 is 0 Å². The zero-order chi connectivity index (χ0) is 41.7. The number of nitrogens with zero attached hydrogens (tertiary/aromatic N) is 2. The number of rotatable bonds is 8. The Hall–Kier alpha value is -8.40. The van der Waals surface area contributed by atoms with Crippen LogP contribution in [0.4, 0.5) is 17.1 Å². The molecule has 10 aromatic carbocycles. The minimum atomic E-state index is 0.892. The van der Waals surface area contributed by atoms with Crippen LogP contribution in [0.25, 0.3) is 93.9 Å². The van der Waals surface area contributed by atoms with E-state index in [1.807, 2.05) is 6.07 Å². The Morgan fingerprint density at radius 2 is 0.873 bits per heavy atom. The van der Waals surface area contributed by atoms with E-state index in [1.54, 1.807) is 0 Å². The van der Waals surface area contributed by atoms with Crippen molar-refractivity contribution in [1.29, 1.82) is 0 Å². The Kier molecular flexibility index (Phi) is 8.83. The standard InChI is InChI=1S/C60H40N2O/c1-5-19-41(20-6-1)47-29-18-33-56(59(47)43-23-9-3-10-24-43)62-55-32-15-13-27-49(55)50-38-36-46(40-57(50)62)61(44-25-11-4-12-26-44)45-35-37-48(54(39-45)42-21-7-2-8-22-42)52-30-17-31-53-51-28-14-16-34-58(51)63-60(52)53/h1-40H. The number of hydrogen-bond acceptors (Lipinski definition) is 2. The molecule has 0 aliphatic rings. The van der Waals surface area contributed by atoms with E-state index in [0.29, 0.717) is 0 Å². The topological polar surface area (TPSA) is 21.3 Å². The highest BCUT2D eigenvalue weighted by molar-refractivity contribution is 6.12. The van der Waals surface area contributed by atoms with Crippen molar-refractivity contribution in [3.05, 3.63) is 243 Å². The molecule has 0 aliphatic carbocycles. The first kappa shape index (κ1) is 36.5. The van der Waals surface area contributed by atoms with Crippen LogP contribution in [0, 0.1) is 0 Å². The van der Waals surface area contributed by atoms with Crippen LogP contribution in [-0.2, 0) is 0 Å². The number of hydrogen-bond donors (Lipinski definition) is 0. The second-order valence-electron chi connectivity index (χ2n) is 16.0. The maximum Gasteiger partial charge on any atom is 0.143 e. The second kappa shape index (κ2) is 15.3. The summed E-state index contributed by atoms with van der Waals surface area (Å²) in [7, 11) is 0. The molecule has 0 spiro atoms. The third-order valence-corrected chi connectivity index (χ3v) is 12.4. The van der Waals surface area contributed by atoms with Gasteiger partial charge in [-0.05, 0) is 88.0 Å². The number of para-hydroxylation sites is 4. The first-order chi connectivity index (χ1) is 31.3. The van der Waals surface area contributed by atoms with Crippen molar-refractivity contribution in [3.8, 4) is 50.2 Å². The van der Waals surface area contributed by atoms with Crippen molar-refractivity contribution < 1.29 is 4.42 Å². The molecule has 0 saturated carbocycles. The second-order valence-corrected chi connectivity index (χ2v) is 16.0. The fourth-order valence-electron chi connectivity index (χ4n) is 9.60. The summed E-state index contributed by atoms with van der Waals surface area (Å²) in [5.41, 5.74) is 17.6. The van der Waals surface area contributed by atoms with Crippen LogP contribution in [0.5, 0.6) is 0 Å². The number of aromatic nitrogens is 1. The fraction of sp³-hybridized carbons (Fsp3) is 0. The molecule has 12 rings (SSSR count). The molecular formula is C60H40N2O. The summed E-state index contributed by atoms with van der Waals surface area (Å²) in [6.45, 7) is 0. The molecule has 0 aliphatic heterocycles. The minimum Gasteiger partial charge on any atom is -0.455 e. The summed E-state index contributed by atoms with van der Waals surface area (Å²) in [5.74, 6) is 0. The molecule has 3 heteroatoms. The molecule has 0 radical (unpaired) electrons. The molecule has 296 valence electrons. The first-order valence-corrected chi connectivity index (χ1v) is 21.5. The zero-order valence-electron chi connectivity index (χ0n) is 34.4. The van der Waals surface area contributed by atoms with E-state index in [-0.39, 0.29) is 0 Å². The summed E-state index contributed by atoms with van der Waals surface area (Å²) in [5, 5.41) is 4.65. The Bertz CT molecular complexity index is 3610. The normalized spacial score (nSPS) is 11.5. The molecule has 0 bridgehead atoms. The van der Waals surface area contributed by atoms with Gasteiger partial charge in [-0.15, -0.1) is 0 Å². The van der Waals surface area contributed by atoms with Gasteiger partial charge in [-0.3, -0.25) is 0 Å². The van der Waals surface area contributed by atoms with E-state index >= 15 is 0 Å². The predicted octanol–water partition coefficient (Wildman–Crippen LogP) is 16.8. The van der Waals surface area contributed by atoms with Crippen LogP contribution in [0.3, 0.4) is 0 Å². The predicted molar refractivity (Wildman–Crippen MR) is 264 cm³/mol. The van der Waals surface area contributed by atoms with Crippen molar-refractivity contribution in [3.63, 3.8) is 0 Å². The maximum absolute atomic E-state index is 6.61. The van der Waals surface area contributed by atoms with Crippen molar-refractivity contribution >= 4 is 60.8 Å². The van der Waals surface area contributed by atoms with Gasteiger partial charge in [0, 0.05) is 49.7 Å². The lowest BCUT2D eigenvalue weighted by Gasteiger charge is -2.27. The minimum absolute atomic E-state index is 0.892. The summed E-state index contributed by atoms with van der Waals surface area (Å²) < 4.78 is 9.09. The summed E-state index contributed by atoms with van der Waals surface area (Å²) in [6.07, 6.45) is 0. The quantitative estimate of drug-likeness (QED) is 0.153. The summed E-state index contributed by atoms with van der Waals surface area (Å²) in [6, 6.07) is 87.1. The fourth-order valence-corrected chi connectivity index (χ4v) is 9.60. The molecule has 0 saturated heterocycles. The van der Waals surface area contributed by atoms with E-state index in [4.69, 9.17) is 4.42 Å². The zero-order valence-corrected chi connectivity index (χ0v) is 34.4. The average Bonchev–Trinajstić information content (AvgIpc) is 3.91. The molecule has 0 amide bonds. The van der Waals surface area contributed by atoms with Crippen molar-refractivity contribution in [2.24, 2.45) is 0 Å². The van der Waals surface area contributed by atoms with E-state index in [1.165, 1.54) is 33.0 Å². The van der Waals surface area contributed by atoms with Gasteiger partial charge in [0.05, 0.1) is 16.7 Å². The molecule has 2 aromatic heterocycles. The van der Waals surface area contributed by atoms with Crippen molar-refractivity contribution in [2.45, 2.75) is 0 Å². The number of anilines is 3. The highest BCUT2D eigenvalue weighted by atomic mass is 16.3. The lowest BCUT2D eigenvalue weighted by molar-refractivity contribution is 0.670. The highest BCUT2D eigenvalue weighted by Crippen LogP contribution is 2.46. The van der Waals surface area contributed by atoms with E-state index in [9.17, 15) is 0 Å². The molecule has 0 fully saturated rings. The van der Waals surface area contributed by atoms with Gasteiger partial charge in [0.15, 0.2) is 0 Å². The van der Waals surface area contributed by atoms with E-state index in [0.717, 1.165) is 78.0 Å². The number of benzene rings is 10. The van der Waals surface area contributed by atoms with Gasteiger partial charge in [-0.2, -0.15) is 0 Å². The van der Waals surface area contributed by atoms with Crippen molar-refractivity contribution in [1.82, 2.24) is 4.57 Å². The SMILES string of the molecule is c1ccc(-c2cc(N(c3ccccc3)c3ccc4c5ccccc5n(-c5cccc(-c6ccccc6)c5-c5ccccc5)c4c3)ccc2-c2cccc3c2oc2ccccc23)cc1. The first-order valence-electron chi connectivity index (χ1n) is 21.5.